The van der Waals surface area contributed by atoms with E-state index in [9.17, 15) is 13.2 Å². The van der Waals surface area contributed by atoms with Crippen LogP contribution < -0.4 is 10.5 Å². The smallest absolute Gasteiger partial charge is 0.444 e. The van der Waals surface area contributed by atoms with Gasteiger partial charge in [0.25, 0.3) is 0 Å². The van der Waals surface area contributed by atoms with Gasteiger partial charge in [0.15, 0.2) is 0 Å². The number of primary sulfonamides is 1. The molecule has 0 atom stereocenters. The lowest BCUT2D eigenvalue weighted by Crippen LogP contribution is -2.41. The standard InChI is InChI=1S/C20H30BClN2O6S/c1-18(2,3)28-17(25)24-12-14(21-29-19(4,5)20(6,7)30-21)10-13-8-9-16(15(22)11-13)31(23,26)27/h8-11H,12H2,1-7H3,(H,24,25)(H2,23,26,27). The number of sulfonamides is 1. The third-order valence-corrected chi connectivity index (χ3v) is 6.40. The number of hydrogen-bond acceptors (Lipinski definition) is 6. The fourth-order valence-corrected chi connectivity index (χ4v) is 3.84. The summed E-state index contributed by atoms with van der Waals surface area (Å²) in [6, 6.07) is 4.36. The molecule has 2 rings (SSSR count). The molecular weight excluding hydrogens is 443 g/mol. The van der Waals surface area contributed by atoms with Crippen LogP contribution >= 0.6 is 11.6 Å². The molecule has 1 fully saturated rings. The molecule has 1 aliphatic heterocycles. The van der Waals surface area contributed by atoms with Gasteiger partial charge in [-0.05, 0) is 71.6 Å². The van der Waals surface area contributed by atoms with Crippen molar-refractivity contribution in [2.45, 2.75) is 70.2 Å². The number of rotatable bonds is 5. The zero-order valence-corrected chi connectivity index (χ0v) is 20.5. The van der Waals surface area contributed by atoms with Crippen molar-refractivity contribution < 1.29 is 27.3 Å². The number of carbonyl (C=O) groups is 1. The van der Waals surface area contributed by atoms with Gasteiger partial charge in [0, 0.05) is 6.54 Å². The van der Waals surface area contributed by atoms with Crippen LogP contribution in [0, 0.1) is 0 Å². The molecular formula is C20H30BClN2O6S. The van der Waals surface area contributed by atoms with Crippen LogP contribution in [0.15, 0.2) is 28.6 Å². The van der Waals surface area contributed by atoms with Gasteiger partial charge in [0.2, 0.25) is 10.0 Å². The van der Waals surface area contributed by atoms with Crippen LogP contribution in [-0.2, 0) is 24.1 Å². The summed E-state index contributed by atoms with van der Waals surface area (Å²) in [7, 11) is -4.68. The van der Waals surface area contributed by atoms with E-state index in [1.807, 2.05) is 27.7 Å². The van der Waals surface area contributed by atoms with Gasteiger partial charge in [-0.25, -0.2) is 18.4 Å². The van der Waals surface area contributed by atoms with Crippen molar-refractivity contribution in [2.75, 3.05) is 6.54 Å². The second-order valence-electron chi connectivity index (χ2n) is 9.40. The monoisotopic (exact) mass is 472 g/mol. The van der Waals surface area contributed by atoms with Crippen LogP contribution in [0.4, 0.5) is 4.79 Å². The molecule has 31 heavy (non-hydrogen) atoms. The van der Waals surface area contributed by atoms with E-state index in [4.69, 9.17) is 30.8 Å². The topological polar surface area (TPSA) is 117 Å². The van der Waals surface area contributed by atoms with E-state index in [1.54, 1.807) is 32.9 Å². The molecule has 8 nitrogen and oxygen atoms in total. The molecule has 1 aromatic rings. The van der Waals surface area contributed by atoms with Gasteiger partial charge >= 0.3 is 13.2 Å². The van der Waals surface area contributed by atoms with Gasteiger partial charge in [-0.15, -0.1) is 0 Å². The highest BCUT2D eigenvalue weighted by molar-refractivity contribution is 7.89. The first-order chi connectivity index (χ1) is 13.9. The maximum atomic E-state index is 12.2. The number of alkyl carbamates (subject to hydrolysis) is 1. The van der Waals surface area contributed by atoms with Gasteiger partial charge < -0.3 is 19.4 Å². The average molecular weight is 473 g/mol. The highest BCUT2D eigenvalue weighted by Gasteiger charge is 2.52. The molecule has 11 heteroatoms. The third kappa shape index (κ3) is 6.70. The predicted molar refractivity (Wildman–Crippen MR) is 121 cm³/mol. The number of amides is 1. The fraction of sp³-hybridized carbons (Fsp3) is 0.550. The zero-order valence-electron chi connectivity index (χ0n) is 18.9. The van der Waals surface area contributed by atoms with E-state index in [2.05, 4.69) is 5.32 Å². The quantitative estimate of drug-likeness (QED) is 0.633. The Morgan fingerprint density at radius 1 is 1.23 bits per heavy atom. The van der Waals surface area contributed by atoms with Gasteiger partial charge in [-0.3, -0.25) is 0 Å². The molecule has 0 bridgehead atoms. The maximum absolute atomic E-state index is 12.2. The summed E-state index contributed by atoms with van der Waals surface area (Å²) in [5, 5.41) is 7.86. The van der Waals surface area contributed by atoms with Crippen LogP contribution in [0.25, 0.3) is 6.08 Å². The Morgan fingerprint density at radius 2 is 1.77 bits per heavy atom. The van der Waals surface area contributed by atoms with Crippen LogP contribution in [0.2, 0.25) is 5.02 Å². The number of nitrogens with two attached hydrogens (primary N) is 1. The molecule has 1 aromatic carbocycles. The summed E-state index contributed by atoms with van der Waals surface area (Å²) in [5.41, 5.74) is -0.623. The van der Waals surface area contributed by atoms with E-state index < -0.39 is 40.0 Å². The van der Waals surface area contributed by atoms with E-state index >= 15 is 0 Å². The summed E-state index contributed by atoms with van der Waals surface area (Å²) in [6.45, 7) is 13.1. The van der Waals surface area contributed by atoms with Crippen LogP contribution in [-0.4, -0.2) is 45.0 Å². The molecule has 1 amide bonds. The van der Waals surface area contributed by atoms with Crippen LogP contribution in [0.1, 0.15) is 54.0 Å². The molecule has 3 N–H and O–H groups in total. The Morgan fingerprint density at radius 3 is 2.23 bits per heavy atom. The number of ether oxygens (including phenoxy) is 1. The Balaban J connectivity index is 2.36. The zero-order chi connectivity index (χ0) is 23.8. The Labute approximate surface area is 189 Å². The fourth-order valence-electron chi connectivity index (χ4n) is 2.74. The third-order valence-electron chi connectivity index (χ3n) is 5.01. The molecule has 0 saturated carbocycles. The van der Waals surface area contributed by atoms with Gasteiger partial charge in [0.05, 0.1) is 16.2 Å². The summed E-state index contributed by atoms with van der Waals surface area (Å²) < 4.78 is 40.7. The molecule has 172 valence electrons. The first kappa shape index (κ1) is 25.7. The van der Waals surface area contributed by atoms with Crippen molar-refractivity contribution in [1.29, 1.82) is 0 Å². The van der Waals surface area contributed by atoms with Gasteiger partial charge in [-0.1, -0.05) is 23.7 Å². The van der Waals surface area contributed by atoms with E-state index in [1.165, 1.54) is 12.1 Å². The summed E-state index contributed by atoms with van der Waals surface area (Å²) >= 11 is 6.11. The minimum atomic E-state index is -3.94. The Kier molecular flexibility index (Phi) is 7.24. The molecule has 0 aliphatic carbocycles. The Hall–Kier alpha value is -1.59. The van der Waals surface area contributed by atoms with Crippen molar-refractivity contribution >= 4 is 40.9 Å². The highest BCUT2D eigenvalue weighted by atomic mass is 35.5. The molecule has 0 radical (unpaired) electrons. The second kappa shape index (κ2) is 8.75. The first-order valence-electron chi connectivity index (χ1n) is 9.77. The first-order valence-corrected chi connectivity index (χ1v) is 11.7. The maximum Gasteiger partial charge on any atom is 0.492 e. The van der Waals surface area contributed by atoms with Crippen molar-refractivity contribution in [3.63, 3.8) is 0 Å². The van der Waals surface area contributed by atoms with Crippen molar-refractivity contribution in [1.82, 2.24) is 5.32 Å². The number of nitrogens with one attached hydrogen (secondary N) is 1. The van der Waals surface area contributed by atoms with E-state index in [0.29, 0.717) is 11.0 Å². The van der Waals surface area contributed by atoms with Gasteiger partial charge in [0.1, 0.15) is 10.5 Å². The van der Waals surface area contributed by atoms with Crippen molar-refractivity contribution in [2.24, 2.45) is 5.14 Å². The lowest BCUT2D eigenvalue weighted by atomic mass is 9.77. The van der Waals surface area contributed by atoms with Gasteiger partial charge in [-0.2, -0.15) is 0 Å². The number of benzene rings is 1. The second-order valence-corrected chi connectivity index (χ2v) is 11.3. The summed E-state index contributed by atoms with van der Waals surface area (Å²) in [5.74, 6) is 0. The average Bonchev–Trinajstić information content (AvgIpc) is 2.76. The number of halogens is 1. The minimum absolute atomic E-state index is 0.00961. The largest absolute Gasteiger partial charge is 0.492 e. The van der Waals surface area contributed by atoms with Crippen LogP contribution in [0.5, 0.6) is 0 Å². The van der Waals surface area contributed by atoms with Crippen LogP contribution in [0.3, 0.4) is 0 Å². The van der Waals surface area contributed by atoms with E-state index in [-0.39, 0.29) is 16.5 Å². The minimum Gasteiger partial charge on any atom is -0.444 e. The summed E-state index contributed by atoms with van der Waals surface area (Å²) in [4.78, 5) is 12.0. The lowest BCUT2D eigenvalue weighted by molar-refractivity contribution is 0.00578. The van der Waals surface area contributed by atoms with Crippen molar-refractivity contribution in [3.8, 4) is 0 Å². The van der Waals surface area contributed by atoms with E-state index in [0.717, 1.165) is 0 Å². The molecule has 1 heterocycles. The summed E-state index contributed by atoms with van der Waals surface area (Å²) in [6.07, 6.45) is 1.13. The SMILES string of the molecule is CC(C)(C)OC(=O)NCC(=Cc1ccc(S(N)(=O)=O)c(Cl)c1)B1OC(C)(C)C(C)(C)O1. The molecule has 0 aromatic heterocycles. The molecule has 0 unspecified atom stereocenters. The lowest BCUT2D eigenvalue weighted by Gasteiger charge is -2.32. The molecule has 0 spiro atoms. The normalized spacial score (nSPS) is 18.7. The van der Waals surface area contributed by atoms with Crippen molar-refractivity contribution in [3.05, 3.63) is 34.3 Å². The highest BCUT2D eigenvalue weighted by Crippen LogP contribution is 2.39. The number of carbonyl (C=O) groups excluding carboxylic acids is 1. The molecule has 1 saturated heterocycles. The molecule has 1 aliphatic rings. The number of hydrogen-bond donors (Lipinski definition) is 2. The predicted octanol–water partition coefficient (Wildman–Crippen LogP) is 3.53. The Bertz CT molecular complexity index is 970.